The lowest BCUT2D eigenvalue weighted by Gasteiger charge is -2.08. The first kappa shape index (κ1) is 20.0. The summed E-state index contributed by atoms with van der Waals surface area (Å²) in [7, 11) is 1.47. The van der Waals surface area contributed by atoms with Crippen LogP contribution >= 0.6 is 0 Å². The minimum absolute atomic E-state index is 0.141. The number of hydrogen-bond acceptors (Lipinski definition) is 6. The molecule has 0 fully saturated rings. The normalized spacial score (nSPS) is 10.5. The summed E-state index contributed by atoms with van der Waals surface area (Å²) in [6.07, 6.45) is 2.40. The highest BCUT2D eigenvalue weighted by Crippen LogP contribution is 2.27. The Hall–Kier alpha value is -3.35. The van der Waals surface area contributed by atoms with E-state index in [4.69, 9.17) is 14.2 Å². The molecule has 7 heteroatoms. The quantitative estimate of drug-likeness (QED) is 0.334. The van der Waals surface area contributed by atoms with Gasteiger partial charge in [-0.25, -0.2) is 5.43 Å². The number of amides is 1. The number of rotatable bonds is 8. The molecule has 0 aliphatic heterocycles. The van der Waals surface area contributed by atoms with Gasteiger partial charge in [0.1, 0.15) is 5.75 Å². The fraction of sp³-hybridized carbons (Fsp3) is 0.250. The lowest BCUT2D eigenvalue weighted by molar-refractivity contribution is -0.132. The van der Waals surface area contributed by atoms with E-state index in [0.717, 1.165) is 6.42 Å². The number of carbonyl (C=O) groups is 2. The topological polar surface area (TPSA) is 86.2 Å². The van der Waals surface area contributed by atoms with E-state index in [1.165, 1.54) is 25.8 Å². The molecular weight excluding hydrogens is 348 g/mol. The van der Waals surface area contributed by atoms with Gasteiger partial charge in [-0.05, 0) is 47.9 Å². The maximum Gasteiger partial charge on any atom is 0.308 e. The molecule has 0 aliphatic rings. The first-order valence-electron chi connectivity index (χ1n) is 8.42. The van der Waals surface area contributed by atoms with Crippen LogP contribution in [0.25, 0.3) is 0 Å². The van der Waals surface area contributed by atoms with E-state index in [0.29, 0.717) is 22.8 Å². The van der Waals surface area contributed by atoms with Crippen molar-refractivity contribution in [2.24, 2.45) is 5.10 Å². The first-order valence-corrected chi connectivity index (χ1v) is 8.42. The molecule has 0 aromatic heterocycles. The van der Waals surface area contributed by atoms with Crippen LogP contribution in [-0.2, 0) is 16.0 Å². The maximum atomic E-state index is 11.8. The van der Waals surface area contributed by atoms with Crippen molar-refractivity contribution in [2.75, 3.05) is 13.7 Å². The van der Waals surface area contributed by atoms with Gasteiger partial charge < -0.3 is 14.2 Å². The molecule has 1 amide bonds. The summed E-state index contributed by atoms with van der Waals surface area (Å²) in [5.74, 6) is 0.505. The molecule has 0 heterocycles. The first-order chi connectivity index (χ1) is 13.0. The molecular formula is C20H22N2O5. The molecule has 1 N–H and O–H groups in total. The maximum absolute atomic E-state index is 11.8. The SMILES string of the molecule is CCc1ccc(OCC(=O)NN=Cc2ccc(OC(C)=O)c(OC)c2)cc1. The molecule has 0 aliphatic carbocycles. The molecule has 0 saturated heterocycles. The Labute approximate surface area is 157 Å². The zero-order chi connectivity index (χ0) is 19.6. The molecule has 0 unspecified atom stereocenters. The van der Waals surface area contributed by atoms with Gasteiger partial charge in [-0.1, -0.05) is 19.1 Å². The minimum Gasteiger partial charge on any atom is -0.493 e. The summed E-state index contributed by atoms with van der Waals surface area (Å²) < 4.78 is 15.6. The highest BCUT2D eigenvalue weighted by Gasteiger charge is 2.07. The molecule has 2 rings (SSSR count). The third kappa shape index (κ3) is 6.47. The van der Waals surface area contributed by atoms with Crippen molar-refractivity contribution in [3.63, 3.8) is 0 Å². The van der Waals surface area contributed by atoms with Crippen LogP contribution in [0.3, 0.4) is 0 Å². The predicted molar refractivity (Wildman–Crippen MR) is 101 cm³/mol. The van der Waals surface area contributed by atoms with Crippen molar-refractivity contribution in [1.82, 2.24) is 5.43 Å². The third-order valence-electron chi connectivity index (χ3n) is 3.55. The molecule has 0 bridgehead atoms. The molecule has 7 nitrogen and oxygen atoms in total. The van der Waals surface area contributed by atoms with Crippen LogP contribution in [0.2, 0.25) is 0 Å². The summed E-state index contributed by atoms with van der Waals surface area (Å²) in [6.45, 7) is 3.24. The standard InChI is InChI=1S/C20H22N2O5/c1-4-15-5-8-17(9-6-15)26-13-20(24)22-21-12-16-7-10-18(27-14(2)23)19(11-16)25-3/h5-12H,4,13H2,1-3H3,(H,22,24). The Balaban J connectivity index is 1.86. The Kier molecular flexibility index (Phi) is 7.37. The smallest absolute Gasteiger partial charge is 0.308 e. The number of aryl methyl sites for hydroxylation is 1. The summed E-state index contributed by atoms with van der Waals surface area (Å²) in [5, 5.41) is 3.88. The summed E-state index contributed by atoms with van der Waals surface area (Å²) >= 11 is 0. The van der Waals surface area contributed by atoms with Crippen molar-refractivity contribution < 1.29 is 23.8 Å². The average molecular weight is 370 g/mol. The zero-order valence-electron chi connectivity index (χ0n) is 15.5. The Morgan fingerprint density at radius 3 is 2.48 bits per heavy atom. The number of methoxy groups -OCH3 is 1. The van der Waals surface area contributed by atoms with E-state index >= 15 is 0 Å². The number of carbonyl (C=O) groups excluding carboxylic acids is 2. The van der Waals surface area contributed by atoms with E-state index in [2.05, 4.69) is 17.5 Å². The second kappa shape index (κ2) is 9.96. The second-order valence-electron chi connectivity index (χ2n) is 5.58. The largest absolute Gasteiger partial charge is 0.493 e. The van der Waals surface area contributed by atoms with Crippen LogP contribution < -0.4 is 19.6 Å². The molecule has 2 aromatic rings. The number of nitrogens with one attached hydrogen (secondary N) is 1. The highest BCUT2D eigenvalue weighted by atomic mass is 16.6. The van der Waals surface area contributed by atoms with Crippen LogP contribution in [-0.4, -0.2) is 31.8 Å². The molecule has 0 atom stereocenters. The van der Waals surface area contributed by atoms with Gasteiger partial charge in [0.15, 0.2) is 18.1 Å². The predicted octanol–water partition coefficient (Wildman–Crippen LogP) is 2.71. The number of nitrogens with zero attached hydrogens (tertiary/aromatic N) is 1. The van der Waals surface area contributed by atoms with Gasteiger partial charge >= 0.3 is 5.97 Å². The zero-order valence-corrected chi connectivity index (χ0v) is 15.5. The van der Waals surface area contributed by atoms with Crippen LogP contribution in [0.5, 0.6) is 17.2 Å². The van der Waals surface area contributed by atoms with Crippen LogP contribution in [0.4, 0.5) is 0 Å². The Morgan fingerprint density at radius 1 is 1.11 bits per heavy atom. The van der Waals surface area contributed by atoms with Gasteiger partial charge in [-0.2, -0.15) is 5.10 Å². The number of hydrazone groups is 1. The van der Waals surface area contributed by atoms with Gasteiger partial charge in [-0.3, -0.25) is 9.59 Å². The molecule has 27 heavy (non-hydrogen) atoms. The number of hydrogen-bond donors (Lipinski definition) is 1. The van der Waals surface area contributed by atoms with Gasteiger partial charge in [0, 0.05) is 6.92 Å². The van der Waals surface area contributed by atoms with E-state index in [1.54, 1.807) is 18.2 Å². The van der Waals surface area contributed by atoms with Gasteiger partial charge in [0.25, 0.3) is 5.91 Å². The van der Waals surface area contributed by atoms with E-state index in [1.807, 2.05) is 24.3 Å². The van der Waals surface area contributed by atoms with Crippen molar-refractivity contribution in [1.29, 1.82) is 0 Å². The molecule has 0 radical (unpaired) electrons. The van der Waals surface area contributed by atoms with Crippen molar-refractivity contribution in [3.8, 4) is 17.2 Å². The molecule has 142 valence electrons. The number of esters is 1. The van der Waals surface area contributed by atoms with Gasteiger partial charge in [0.05, 0.1) is 13.3 Å². The monoisotopic (exact) mass is 370 g/mol. The molecule has 0 saturated carbocycles. The lowest BCUT2D eigenvalue weighted by Crippen LogP contribution is -2.24. The highest BCUT2D eigenvalue weighted by molar-refractivity contribution is 5.84. The lowest BCUT2D eigenvalue weighted by atomic mass is 10.2. The van der Waals surface area contributed by atoms with E-state index in [-0.39, 0.29) is 12.5 Å². The second-order valence-corrected chi connectivity index (χ2v) is 5.58. The molecule has 0 spiro atoms. The minimum atomic E-state index is -0.439. The van der Waals surface area contributed by atoms with Crippen molar-refractivity contribution >= 4 is 18.1 Å². The number of benzene rings is 2. The third-order valence-corrected chi connectivity index (χ3v) is 3.55. The van der Waals surface area contributed by atoms with E-state index < -0.39 is 5.97 Å². The summed E-state index contributed by atoms with van der Waals surface area (Å²) in [5.41, 5.74) is 4.25. The Morgan fingerprint density at radius 2 is 1.85 bits per heavy atom. The van der Waals surface area contributed by atoms with Crippen LogP contribution in [0, 0.1) is 0 Å². The van der Waals surface area contributed by atoms with Crippen LogP contribution in [0.1, 0.15) is 25.0 Å². The average Bonchev–Trinajstić information content (AvgIpc) is 2.67. The van der Waals surface area contributed by atoms with Crippen molar-refractivity contribution in [3.05, 3.63) is 53.6 Å². The van der Waals surface area contributed by atoms with Crippen LogP contribution in [0.15, 0.2) is 47.6 Å². The fourth-order valence-electron chi connectivity index (χ4n) is 2.18. The van der Waals surface area contributed by atoms with Crippen molar-refractivity contribution in [2.45, 2.75) is 20.3 Å². The fourth-order valence-corrected chi connectivity index (χ4v) is 2.18. The summed E-state index contributed by atoms with van der Waals surface area (Å²) in [6, 6.07) is 12.5. The Bertz CT molecular complexity index is 816. The van der Waals surface area contributed by atoms with Gasteiger partial charge in [-0.15, -0.1) is 0 Å². The summed E-state index contributed by atoms with van der Waals surface area (Å²) in [4.78, 5) is 22.8. The van der Waals surface area contributed by atoms with Gasteiger partial charge in [0.2, 0.25) is 0 Å². The molecule has 2 aromatic carbocycles. The van der Waals surface area contributed by atoms with E-state index in [9.17, 15) is 9.59 Å². The number of ether oxygens (including phenoxy) is 3.